The van der Waals surface area contributed by atoms with E-state index in [4.69, 9.17) is 5.73 Å². The number of nitrogens with two attached hydrogens (primary N) is 1. The maximum atomic E-state index is 12.5. The summed E-state index contributed by atoms with van der Waals surface area (Å²) < 4.78 is 26.7. The standard InChI is InChI=1S/C12H19N3O3S2/c1-9(16)14-10-4-6-15(7-5-10)20(17,18)12-3-2-11(8-13)19-12/h2-3,10H,4-8,13H2,1H3,(H,14,16). The van der Waals surface area contributed by atoms with Gasteiger partial charge in [0.25, 0.3) is 10.0 Å². The van der Waals surface area contributed by atoms with Gasteiger partial charge in [-0.25, -0.2) is 8.42 Å². The summed E-state index contributed by atoms with van der Waals surface area (Å²) in [5.74, 6) is -0.0721. The summed E-state index contributed by atoms with van der Waals surface area (Å²) in [6, 6.07) is 3.44. The quantitative estimate of drug-likeness (QED) is 0.845. The summed E-state index contributed by atoms with van der Waals surface area (Å²) in [6.45, 7) is 2.69. The summed E-state index contributed by atoms with van der Waals surface area (Å²) in [5.41, 5.74) is 5.51. The predicted octanol–water partition coefficient (Wildman–Crippen LogP) is 0.496. The van der Waals surface area contributed by atoms with E-state index >= 15 is 0 Å². The molecule has 0 saturated carbocycles. The van der Waals surface area contributed by atoms with Crippen LogP contribution in [-0.4, -0.2) is 37.8 Å². The van der Waals surface area contributed by atoms with Gasteiger partial charge in [-0.15, -0.1) is 11.3 Å². The highest BCUT2D eigenvalue weighted by Crippen LogP contribution is 2.26. The number of hydrogen-bond acceptors (Lipinski definition) is 5. The second kappa shape index (κ2) is 6.21. The molecular weight excluding hydrogens is 298 g/mol. The molecule has 1 aromatic heterocycles. The minimum absolute atomic E-state index is 0.0712. The van der Waals surface area contributed by atoms with Gasteiger partial charge in [0.05, 0.1) is 0 Å². The van der Waals surface area contributed by atoms with Crippen LogP contribution in [0.15, 0.2) is 16.3 Å². The molecule has 0 aliphatic carbocycles. The Hall–Kier alpha value is -0.960. The van der Waals surface area contributed by atoms with Gasteiger partial charge in [0.2, 0.25) is 5.91 Å². The molecule has 2 heterocycles. The third kappa shape index (κ3) is 3.38. The first-order valence-corrected chi connectivity index (χ1v) is 8.75. The molecule has 1 saturated heterocycles. The lowest BCUT2D eigenvalue weighted by Gasteiger charge is -2.31. The van der Waals surface area contributed by atoms with Crippen LogP contribution < -0.4 is 11.1 Å². The predicted molar refractivity (Wildman–Crippen MR) is 77.8 cm³/mol. The summed E-state index contributed by atoms with van der Waals surface area (Å²) in [6.07, 6.45) is 1.29. The van der Waals surface area contributed by atoms with Crippen LogP contribution in [0, 0.1) is 0 Å². The van der Waals surface area contributed by atoms with Crippen molar-refractivity contribution < 1.29 is 13.2 Å². The SMILES string of the molecule is CC(=O)NC1CCN(S(=O)(=O)c2ccc(CN)s2)CC1. The molecule has 0 aromatic carbocycles. The molecule has 0 unspecified atom stereocenters. The van der Waals surface area contributed by atoms with Crippen LogP contribution in [0.3, 0.4) is 0 Å². The first kappa shape index (κ1) is 15.4. The fourth-order valence-electron chi connectivity index (χ4n) is 2.26. The van der Waals surface area contributed by atoms with Crippen LogP contribution >= 0.6 is 11.3 Å². The summed E-state index contributed by atoms with van der Waals surface area (Å²) >= 11 is 1.22. The van der Waals surface area contributed by atoms with Gasteiger partial charge in [0, 0.05) is 37.5 Å². The van der Waals surface area contributed by atoms with Gasteiger partial charge in [-0.05, 0) is 25.0 Å². The van der Waals surface area contributed by atoms with E-state index in [1.165, 1.54) is 22.6 Å². The molecule has 6 nitrogen and oxygen atoms in total. The number of nitrogens with one attached hydrogen (secondary N) is 1. The summed E-state index contributed by atoms with van der Waals surface area (Å²) in [5, 5.41) is 2.83. The molecule has 1 amide bonds. The molecular formula is C12H19N3O3S2. The molecule has 1 aromatic rings. The van der Waals surface area contributed by atoms with Crippen LogP contribution in [0.25, 0.3) is 0 Å². The van der Waals surface area contributed by atoms with Crippen LogP contribution in [0.5, 0.6) is 0 Å². The number of nitrogens with zero attached hydrogens (tertiary/aromatic N) is 1. The van der Waals surface area contributed by atoms with Crippen LogP contribution in [0.1, 0.15) is 24.6 Å². The minimum atomic E-state index is -3.42. The maximum absolute atomic E-state index is 12.5. The topological polar surface area (TPSA) is 92.5 Å². The van der Waals surface area contributed by atoms with E-state index in [0.29, 0.717) is 36.7 Å². The molecule has 0 atom stereocenters. The van der Waals surface area contributed by atoms with Gasteiger partial charge < -0.3 is 11.1 Å². The van der Waals surface area contributed by atoms with E-state index in [9.17, 15) is 13.2 Å². The molecule has 0 spiro atoms. The highest BCUT2D eigenvalue weighted by Gasteiger charge is 2.30. The van der Waals surface area contributed by atoms with Gasteiger partial charge in [-0.1, -0.05) is 0 Å². The molecule has 8 heteroatoms. The Morgan fingerprint density at radius 2 is 2.10 bits per heavy atom. The first-order valence-electron chi connectivity index (χ1n) is 6.49. The number of amides is 1. The van der Waals surface area contributed by atoms with Crippen molar-refractivity contribution in [3.63, 3.8) is 0 Å². The molecule has 20 heavy (non-hydrogen) atoms. The molecule has 1 fully saturated rings. The zero-order chi connectivity index (χ0) is 14.8. The molecule has 0 bridgehead atoms. The average molecular weight is 317 g/mol. The van der Waals surface area contributed by atoms with Crippen molar-refractivity contribution in [1.82, 2.24) is 9.62 Å². The Bertz CT molecular complexity index is 575. The zero-order valence-corrected chi connectivity index (χ0v) is 13.0. The number of thiophene rings is 1. The first-order chi connectivity index (χ1) is 9.43. The van der Waals surface area contributed by atoms with Crippen molar-refractivity contribution in [3.8, 4) is 0 Å². The Balaban J connectivity index is 2.03. The summed E-state index contributed by atoms with van der Waals surface area (Å²) in [4.78, 5) is 11.9. The second-order valence-electron chi connectivity index (χ2n) is 4.80. The molecule has 1 aliphatic rings. The van der Waals surface area contributed by atoms with Gasteiger partial charge >= 0.3 is 0 Å². The number of carbonyl (C=O) groups excluding carboxylic acids is 1. The fraction of sp³-hybridized carbons (Fsp3) is 0.583. The minimum Gasteiger partial charge on any atom is -0.354 e. The van der Waals surface area contributed by atoms with E-state index in [-0.39, 0.29) is 11.9 Å². The van der Waals surface area contributed by atoms with E-state index in [0.717, 1.165) is 4.88 Å². The Morgan fingerprint density at radius 3 is 2.60 bits per heavy atom. The Labute approximate surface area is 123 Å². The number of piperidine rings is 1. The van der Waals surface area contributed by atoms with Gasteiger partial charge in [-0.3, -0.25) is 4.79 Å². The normalized spacial score (nSPS) is 18.1. The lowest BCUT2D eigenvalue weighted by molar-refractivity contribution is -0.119. The smallest absolute Gasteiger partial charge is 0.252 e. The monoisotopic (exact) mass is 317 g/mol. The average Bonchev–Trinajstić information content (AvgIpc) is 2.88. The number of carbonyl (C=O) groups is 1. The number of sulfonamides is 1. The molecule has 0 radical (unpaired) electrons. The van der Waals surface area contributed by atoms with Crippen LogP contribution in [-0.2, 0) is 21.4 Å². The van der Waals surface area contributed by atoms with Gasteiger partial charge in [-0.2, -0.15) is 4.31 Å². The zero-order valence-electron chi connectivity index (χ0n) is 11.3. The van der Waals surface area contributed by atoms with Crippen molar-refractivity contribution in [2.24, 2.45) is 5.73 Å². The van der Waals surface area contributed by atoms with Crippen molar-refractivity contribution in [2.75, 3.05) is 13.1 Å². The number of hydrogen-bond donors (Lipinski definition) is 2. The van der Waals surface area contributed by atoms with E-state index in [2.05, 4.69) is 5.32 Å². The molecule has 3 N–H and O–H groups in total. The number of rotatable bonds is 4. The molecule has 2 rings (SSSR count). The van der Waals surface area contributed by atoms with E-state index < -0.39 is 10.0 Å². The fourth-order valence-corrected chi connectivity index (χ4v) is 5.12. The Morgan fingerprint density at radius 1 is 1.45 bits per heavy atom. The highest BCUT2D eigenvalue weighted by molar-refractivity contribution is 7.91. The second-order valence-corrected chi connectivity index (χ2v) is 8.14. The maximum Gasteiger partial charge on any atom is 0.252 e. The van der Waals surface area contributed by atoms with Crippen molar-refractivity contribution in [1.29, 1.82) is 0 Å². The van der Waals surface area contributed by atoms with Crippen molar-refractivity contribution in [3.05, 3.63) is 17.0 Å². The third-order valence-corrected chi connectivity index (χ3v) is 6.77. The van der Waals surface area contributed by atoms with Crippen LogP contribution in [0.2, 0.25) is 0 Å². The lowest BCUT2D eigenvalue weighted by Crippen LogP contribution is -2.45. The van der Waals surface area contributed by atoms with Gasteiger partial charge in [0.15, 0.2) is 0 Å². The van der Waals surface area contributed by atoms with Crippen molar-refractivity contribution in [2.45, 2.75) is 36.6 Å². The van der Waals surface area contributed by atoms with Gasteiger partial charge in [0.1, 0.15) is 4.21 Å². The van der Waals surface area contributed by atoms with Crippen LogP contribution in [0.4, 0.5) is 0 Å². The van der Waals surface area contributed by atoms with E-state index in [1.54, 1.807) is 12.1 Å². The molecule has 112 valence electrons. The Kier molecular flexibility index (Phi) is 4.79. The largest absolute Gasteiger partial charge is 0.354 e. The summed E-state index contributed by atoms with van der Waals surface area (Å²) in [7, 11) is -3.42. The third-order valence-electron chi connectivity index (χ3n) is 3.29. The highest BCUT2D eigenvalue weighted by atomic mass is 32.2. The van der Waals surface area contributed by atoms with Crippen molar-refractivity contribution >= 4 is 27.3 Å². The molecule has 1 aliphatic heterocycles. The lowest BCUT2D eigenvalue weighted by atomic mass is 10.1. The van der Waals surface area contributed by atoms with E-state index in [1.807, 2.05) is 0 Å².